The largest absolute Gasteiger partial charge is 0.349 e. The van der Waals surface area contributed by atoms with Crippen molar-refractivity contribution < 1.29 is 4.79 Å². The number of hydrogen-bond acceptors (Lipinski definition) is 2. The molecule has 0 heterocycles. The minimum atomic E-state index is -0.157. The SMILES string of the molecule is CC(NC(=O)C(C)C(C)N)c1ccc2c(c1)CCCC2.Cl. The molecule has 3 nitrogen and oxygen atoms in total. The van der Waals surface area contributed by atoms with Gasteiger partial charge in [0.25, 0.3) is 0 Å². The molecule has 1 aromatic rings. The molecule has 21 heavy (non-hydrogen) atoms. The van der Waals surface area contributed by atoms with Gasteiger partial charge in [-0.15, -0.1) is 12.4 Å². The molecule has 4 heteroatoms. The van der Waals surface area contributed by atoms with Crippen LogP contribution in [0.25, 0.3) is 0 Å². The van der Waals surface area contributed by atoms with Crippen LogP contribution >= 0.6 is 12.4 Å². The van der Waals surface area contributed by atoms with Crippen LogP contribution in [0.4, 0.5) is 0 Å². The van der Waals surface area contributed by atoms with Crippen LogP contribution in [-0.2, 0) is 17.6 Å². The molecule has 1 aliphatic carbocycles. The van der Waals surface area contributed by atoms with Gasteiger partial charge in [0, 0.05) is 12.0 Å². The Balaban J connectivity index is 0.00000220. The number of fused-ring (bicyclic) bond motifs is 1. The first-order chi connectivity index (χ1) is 9.49. The molecular weight excluding hydrogens is 284 g/mol. The smallest absolute Gasteiger partial charge is 0.224 e. The van der Waals surface area contributed by atoms with Crippen molar-refractivity contribution in [2.24, 2.45) is 11.7 Å². The number of nitrogens with one attached hydrogen (secondary N) is 1. The summed E-state index contributed by atoms with van der Waals surface area (Å²) in [7, 11) is 0. The zero-order valence-electron chi connectivity index (χ0n) is 13.2. The second-order valence-electron chi connectivity index (χ2n) is 6.11. The molecule has 0 aliphatic heterocycles. The summed E-state index contributed by atoms with van der Waals surface area (Å²) in [4.78, 5) is 12.1. The first-order valence-corrected chi connectivity index (χ1v) is 7.66. The summed E-state index contributed by atoms with van der Waals surface area (Å²) in [5, 5.41) is 3.07. The number of carbonyl (C=O) groups is 1. The number of nitrogens with two attached hydrogens (primary N) is 1. The zero-order chi connectivity index (χ0) is 14.7. The van der Waals surface area contributed by atoms with Gasteiger partial charge in [0.15, 0.2) is 0 Å². The van der Waals surface area contributed by atoms with Crippen molar-refractivity contribution in [3.63, 3.8) is 0 Å². The second-order valence-corrected chi connectivity index (χ2v) is 6.11. The van der Waals surface area contributed by atoms with Crippen LogP contribution in [0, 0.1) is 5.92 Å². The summed E-state index contributed by atoms with van der Waals surface area (Å²) in [5.74, 6) is -0.125. The minimum absolute atomic E-state index is 0. The summed E-state index contributed by atoms with van der Waals surface area (Å²) in [5.41, 5.74) is 9.90. The second kappa shape index (κ2) is 7.81. The van der Waals surface area contributed by atoms with Gasteiger partial charge in [-0.1, -0.05) is 25.1 Å². The average Bonchev–Trinajstić information content (AvgIpc) is 2.45. The maximum absolute atomic E-state index is 12.1. The topological polar surface area (TPSA) is 55.1 Å². The number of aryl methyl sites for hydroxylation is 2. The lowest BCUT2D eigenvalue weighted by atomic mass is 9.89. The minimum Gasteiger partial charge on any atom is -0.349 e. The third-order valence-electron chi connectivity index (χ3n) is 4.43. The Morgan fingerprint density at radius 3 is 2.38 bits per heavy atom. The van der Waals surface area contributed by atoms with E-state index in [4.69, 9.17) is 5.73 Å². The average molecular weight is 311 g/mol. The lowest BCUT2D eigenvalue weighted by Gasteiger charge is -2.22. The first-order valence-electron chi connectivity index (χ1n) is 7.66. The fraction of sp³-hybridized carbons (Fsp3) is 0.588. The molecule has 0 spiro atoms. The van der Waals surface area contributed by atoms with Crippen molar-refractivity contribution in [1.82, 2.24) is 5.32 Å². The standard InChI is InChI=1S/C17H26N2O.ClH/c1-11(12(2)18)17(20)19-13(3)15-9-8-14-6-4-5-7-16(14)10-15;/h8-13H,4-7,18H2,1-3H3,(H,19,20);1H. The van der Waals surface area contributed by atoms with Gasteiger partial charge in [-0.25, -0.2) is 0 Å². The number of benzene rings is 1. The number of rotatable bonds is 4. The van der Waals surface area contributed by atoms with Crippen molar-refractivity contribution in [1.29, 1.82) is 0 Å². The number of amides is 1. The first kappa shape index (κ1) is 18.0. The van der Waals surface area contributed by atoms with Crippen molar-refractivity contribution in [3.05, 3.63) is 34.9 Å². The fourth-order valence-corrected chi connectivity index (χ4v) is 2.69. The summed E-state index contributed by atoms with van der Waals surface area (Å²) < 4.78 is 0. The van der Waals surface area contributed by atoms with Crippen LogP contribution in [-0.4, -0.2) is 11.9 Å². The van der Waals surface area contributed by atoms with Gasteiger partial charge >= 0.3 is 0 Å². The van der Waals surface area contributed by atoms with Gasteiger partial charge in [-0.05, 0) is 56.2 Å². The fourth-order valence-electron chi connectivity index (χ4n) is 2.69. The highest BCUT2D eigenvalue weighted by Crippen LogP contribution is 2.24. The molecular formula is C17H27ClN2O. The van der Waals surface area contributed by atoms with Crippen LogP contribution in [0.15, 0.2) is 18.2 Å². The van der Waals surface area contributed by atoms with Crippen molar-refractivity contribution >= 4 is 18.3 Å². The van der Waals surface area contributed by atoms with E-state index in [1.165, 1.54) is 42.4 Å². The van der Waals surface area contributed by atoms with E-state index in [9.17, 15) is 4.79 Å². The van der Waals surface area contributed by atoms with E-state index in [2.05, 4.69) is 23.5 Å². The summed E-state index contributed by atoms with van der Waals surface area (Å²) in [6.45, 7) is 5.78. The van der Waals surface area contributed by atoms with Crippen LogP contribution in [0.2, 0.25) is 0 Å². The molecule has 0 aromatic heterocycles. The Labute approximate surface area is 134 Å². The van der Waals surface area contributed by atoms with Gasteiger partial charge in [0.1, 0.15) is 0 Å². The van der Waals surface area contributed by atoms with Crippen LogP contribution < -0.4 is 11.1 Å². The third kappa shape index (κ3) is 4.45. The molecule has 3 unspecified atom stereocenters. The molecule has 0 radical (unpaired) electrons. The number of hydrogen-bond donors (Lipinski definition) is 2. The van der Waals surface area contributed by atoms with Crippen molar-refractivity contribution in [2.75, 3.05) is 0 Å². The van der Waals surface area contributed by atoms with Gasteiger partial charge in [-0.2, -0.15) is 0 Å². The summed E-state index contributed by atoms with van der Waals surface area (Å²) in [6, 6.07) is 6.55. The molecule has 0 fully saturated rings. The van der Waals surface area contributed by atoms with Gasteiger partial charge in [0.2, 0.25) is 5.91 Å². The predicted molar refractivity (Wildman–Crippen MR) is 89.7 cm³/mol. The van der Waals surface area contributed by atoms with Gasteiger partial charge in [-0.3, -0.25) is 4.79 Å². The zero-order valence-corrected chi connectivity index (χ0v) is 14.0. The van der Waals surface area contributed by atoms with E-state index in [0.29, 0.717) is 0 Å². The van der Waals surface area contributed by atoms with E-state index >= 15 is 0 Å². The van der Waals surface area contributed by atoms with E-state index in [1.54, 1.807) is 0 Å². The van der Waals surface area contributed by atoms with Crippen LogP contribution in [0.3, 0.4) is 0 Å². The normalized spacial score (nSPS) is 17.9. The maximum Gasteiger partial charge on any atom is 0.224 e. The van der Waals surface area contributed by atoms with Gasteiger partial charge < -0.3 is 11.1 Å². The van der Waals surface area contributed by atoms with E-state index in [1.807, 2.05) is 20.8 Å². The molecule has 3 atom stereocenters. The molecule has 0 saturated heterocycles. The number of carbonyl (C=O) groups excluding carboxylic acids is 1. The molecule has 1 aliphatic rings. The monoisotopic (exact) mass is 310 g/mol. The Morgan fingerprint density at radius 1 is 1.14 bits per heavy atom. The quantitative estimate of drug-likeness (QED) is 0.897. The Hall–Kier alpha value is -1.06. The molecule has 118 valence electrons. The highest BCUT2D eigenvalue weighted by molar-refractivity contribution is 5.85. The van der Waals surface area contributed by atoms with Crippen molar-refractivity contribution in [3.8, 4) is 0 Å². The van der Waals surface area contributed by atoms with Crippen molar-refractivity contribution in [2.45, 2.75) is 58.5 Å². The Kier molecular flexibility index (Phi) is 6.69. The molecule has 1 aromatic carbocycles. The molecule has 0 saturated carbocycles. The van der Waals surface area contributed by atoms with E-state index < -0.39 is 0 Å². The lowest BCUT2D eigenvalue weighted by Crippen LogP contribution is -2.39. The molecule has 1 amide bonds. The summed E-state index contributed by atoms with van der Waals surface area (Å²) >= 11 is 0. The van der Waals surface area contributed by atoms with Crippen LogP contribution in [0.5, 0.6) is 0 Å². The molecule has 0 bridgehead atoms. The Morgan fingerprint density at radius 2 is 1.76 bits per heavy atom. The van der Waals surface area contributed by atoms with Crippen LogP contribution in [0.1, 0.15) is 56.3 Å². The number of halogens is 1. The van der Waals surface area contributed by atoms with E-state index in [0.717, 1.165) is 0 Å². The lowest BCUT2D eigenvalue weighted by molar-refractivity contribution is -0.125. The highest BCUT2D eigenvalue weighted by Gasteiger charge is 2.20. The Bertz CT molecular complexity index is 488. The predicted octanol–water partition coefficient (Wildman–Crippen LogP) is 3.15. The molecule has 2 rings (SSSR count). The third-order valence-corrected chi connectivity index (χ3v) is 4.43. The maximum atomic E-state index is 12.1. The van der Waals surface area contributed by atoms with Gasteiger partial charge in [0.05, 0.1) is 6.04 Å². The summed E-state index contributed by atoms with van der Waals surface area (Å²) in [6.07, 6.45) is 4.93. The highest BCUT2D eigenvalue weighted by atomic mass is 35.5. The van der Waals surface area contributed by atoms with E-state index in [-0.39, 0.29) is 36.3 Å². The molecule has 3 N–H and O–H groups in total.